The summed E-state index contributed by atoms with van der Waals surface area (Å²) >= 11 is 0. The van der Waals surface area contributed by atoms with Crippen LogP contribution in [0.15, 0.2) is 0 Å². The van der Waals surface area contributed by atoms with Crippen LogP contribution in [0.4, 0.5) is 34.5 Å². The van der Waals surface area contributed by atoms with Crippen LogP contribution >= 0.6 is 0 Å². The summed E-state index contributed by atoms with van der Waals surface area (Å²) in [5.74, 6) is 0. The lowest BCUT2D eigenvalue weighted by Gasteiger charge is -2.34. The Hall–Kier alpha value is -0.510. The van der Waals surface area contributed by atoms with Gasteiger partial charge in [0.2, 0.25) is 0 Å². The Labute approximate surface area is 114 Å². The summed E-state index contributed by atoms with van der Waals surface area (Å²) in [6.07, 6.45) is 0. The average molecular weight is 322 g/mol. The molecule has 0 aromatic carbocycles. The van der Waals surface area contributed by atoms with Crippen LogP contribution in [0.5, 0.6) is 0 Å². The van der Waals surface area contributed by atoms with E-state index in [4.69, 9.17) is 0 Å². The monoisotopic (exact) mass is 322 g/mol. The molecule has 4 N–H and O–H groups in total. The molecule has 0 spiro atoms. The van der Waals surface area contributed by atoms with Gasteiger partial charge >= 0.3 is 14.5 Å². The third-order valence-electron chi connectivity index (χ3n) is 2.68. The van der Waals surface area contributed by atoms with E-state index < -0.39 is 14.5 Å². The first-order chi connectivity index (χ1) is 8.24. The maximum Gasteiger partial charge on any atom is 0.673 e. The van der Waals surface area contributed by atoms with Crippen molar-refractivity contribution in [2.24, 2.45) is 0 Å². The molecular weight excluding hydrogens is 298 g/mol. The molecule has 0 aromatic heterocycles. The average Bonchev–Trinajstić information content (AvgIpc) is 2.17. The van der Waals surface area contributed by atoms with Gasteiger partial charge in [0.1, 0.15) is 0 Å². The molecule has 0 amide bonds. The van der Waals surface area contributed by atoms with Crippen molar-refractivity contribution in [1.82, 2.24) is 6.15 Å². The minimum absolute atomic E-state index is 0. The largest absolute Gasteiger partial charge is 0.673 e. The highest BCUT2D eigenvalue weighted by atomic mass is 19.5. The molecule has 0 heterocycles. The highest BCUT2D eigenvalue weighted by Gasteiger charge is 2.21. The zero-order valence-corrected chi connectivity index (χ0v) is 12.5. The van der Waals surface area contributed by atoms with Crippen molar-refractivity contribution >= 4 is 14.5 Å². The zero-order valence-electron chi connectivity index (χ0n) is 12.5. The molecule has 2 nitrogen and oxygen atoms in total. The summed E-state index contributed by atoms with van der Waals surface area (Å²) in [6, 6.07) is 0. The second-order valence-electron chi connectivity index (χ2n) is 3.60. The molecule has 0 saturated carbocycles. The van der Waals surface area contributed by atoms with Gasteiger partial charge in [0.15, 0.2) is 0 Å². The van der Waals surface area contributed by atoms with Gasteiger partial charge in [-0.2, -0.15) is 0 Å². The quantitative estimate of drug-likeness (QED) is 0.436. The second-order valence-corrected chi connectivity index (χ2v) is 3.60. The van der Waals surface area contributed by atoms with E-state index in [9.17, 15) is 34.5 Å². The number of halogens is 8. The molecule has 0 atom stereocenters. The van der Waals surface area contributed by atoms with Gasteiger partial charge in [-0.3, -0.25) is 0 Å². The maximum atomic E-state index is 9.75. The van der Waals surface area contributed by atoms with Gasteiger partial charge in [0.25, 0.3) is 0 Å². The van der Waals surface area contributed by atoms with Crippen molar-refractivity contribution in [1.29, 1.82) is 0 Å². The third-order valence-corrected chi connectivity index (χ3v) is 2.68. The SMILES string of the molecule is CC[N+](CC)(CC)CC.F[B-](F)(F)F.F[B-](F)(F)F.[NH4+]. The number of hydrogen-bond acceptors (Lipinski definition) is 0. The lowest BCUT2D eigenvalue weighted by molar-refractivity contribution is -0.921. The van der Waals surface area contributed by atoms with Crippen LogP contribution in [0, 0.1) is 0 Å². The molecule has 20 heavy (non-hydrogen) atoms. The van der Waals surface area contributed by atoms with Gasteiger partial charge in [-0.1, -0.05) is 0 Å². The fourth-order valence-corrected chi connectivity index (χ4v) is 1.34. The van der Waals surface area contributed by atoms with Crippen molar-refractivity contribution in [3.8, 4) is 0 Å². The van der Waals surface area contributed by atoms with E-state index in [0.717, 1.165) is 0 Å². The predicted molar refractivity (Wildman–Crippen MR) is 68.8 cm³/mol. The molecule has 0 aliphatic rings. The van der Waals surface area contributed by atoms with Gasteiger partial charge in [-0.05, 0) is 27.7 Å². The standard InChI is InChI=1S/C8H20N.2BF4.H3N/c1-5-9(6-2,7-3)8-4;2*2-1(3,4)5;/h5-8H2,1-4H3;;;1H3/q+1;2*-1;/p+1. The van der Waals surface area contributed by atoms with E-state index in [0.29, 0.717) is 0 Å². The lowest BCUT2D eigenvalue weighted by atomic mass is 10.3. The molecule has 0 bridgehead atoms. The highest BCUT2D eigenvalue weighted by molar-refractivity contribution is 6.50. The molecule has 12 heteroatoms. The first kappa shape index (κ1) is 27.8. The first-order valence-electron chi connectivity index (χ1n) is 5.84. The fraction of sp³-hybridized carbons (Fsp3) is 1.00. The van der Waals surface area contributed by atoms with Crippen LogP contribution in [0.25, 0.3) is 0 Å². The Kier molecular flexibility index (Phi) is 17.0. The number of quaternary nitrogens is 2. The van der Waals surface area contributed by atoms with Crippen molar-refractivity contribution in [3.05, 3.63) is 0 Å². The van der Waals surface area contributed by atoms with Crippen LogP contribution in [0.2, 0.25) is 0 Å². The second kappa shape index (κ2) is 12.2. The van der Waals surface area contributed by atoms with Crippen molar-refractivity contribution in [2.45, 2.75) is 27.7 Å². The fourth-order valence-electron chi connectivity index (χ4n) is 1.34. The predicted octanol–water partition coefficient (Wildman–Crippen LogP) is 4.86. The molecule has 0 unspecified atom stereocenters. The smallest absolute Gasteiger partial charge is 0.418 e. The Bertz CT molecular complexity index is 164. The lowest BCUT2D eigenvalue weighted by Crippen LogP contribution is -2.47. The van der Waals surface area contributed by atoms with Gasteiger partial charge in [0, 0.05) is 0 Å². The summed E-state index contributed by atoms with van der Waals surface area (Å²) in [7, 11) is -12.0. The molecule has 0 aromatic rings. The molecule has 128 valence electrons. The summed E-state index contributed by atoms with van der Waals surface area (Å²) in [5, 5.41) is 0. The van der Waals surface area contributed by atoms with Crippen LogP contribution in [-0.4, -0.2) is 45.2 Å². The molecular formula is C8H24B2F8N2. The van der Waals surface area contributed by atoms with Gasteiger partial charge in [0.05, 0.1) is 26.2 Å². The summed E-state index contributed by atoms with van der Waals surface area (Å²) in [6.45, 7) is 14.2. The maximum absolute atomic E-state index is 9.75. The number of rotatable bonds is 4. The third kappa shape index (κ3) is 36.0. The van der Waals surface area contributed by atoms with Crippen LogP contribution in [0.1, 0.15) is 27.7 Å². The van der Waals surface area contributed by atoms with Crippen LogP contribution < -0.4 is 6.15 Å². The summed E-state index contributed by atoms with van der Waals surface area (Å²) in [5.41, 5.74) is 0. The van der Waals surface area contributed by atoms with Crippen LogP contribution in [-0.2, 0) is 0 Å². The van der Waals surface area contributed by atoms with E-state index in [-0.39, 0.29) is 6.15 Å². The zero-order chi connectivity index (χ0) is 16.3. The minimum atomic E-state index is -6.00. The van der Waals surface area contributed by atoms with Crippen molar-refractivity contribution in [3.63, 3.8) is 0 Å². The van der Waals surface area contributed by atoms with Gasteiger partial charge in [-0.15, -0.1) is 0 Å². The molecule has 0 rings (SSSR count). The summed E-state index contributed by atoms with van der Waals surface area (Å²) in [4.78, 5) is 0. The van der Waals surface area contributed by atoms with Crippen LogP contribution in [0.3, 0.4) is 0 Å². The van der Waals surface area contributed by atoms with E-state index >= 15 is 0 Å². The van der Waals surface area contributed by atoms with Gasteiger partial charge in [-0.25, -0.2) is 0 Å². The molecule has 0 saturated heterocycles. The number of nitrogens with zero attached hydrogens (tertiary/aromatic N) is 1. The number of hydrogen-bond donors (Lipinski definition) is 1. The topological polar surface area (TPSA) is 36.5 Å². The molecule has 0 radical (unpaired) electrons. The van der Waals surface area contributed by atoms with Gasteiger partial charge < -0.3 is 45.2 Å². The molecule has 0 fully saturated rings. The highest BCUT2D eigenvalue weighted by Crippen LogP contribution is 2.07. The van der Waals surface area contributed by atoms with E-state index in [2.05, 4.69) is 27.7 Å². The normalized spacial score (nSPS) is 11.4. The van der Waals surface area contributed by atoms with E-state index in [1.54, 1.807) is 0 Å². The summed E-state index contributed by atoms with van der Waals surface area (Å²) < 4.78 is 79.3. The Balaban J connectivity index is -0.000000101. The Morgan fingerprint density at radius 2 is 0.650 bits per heavy atom. The van der Waals surface area contributed by atoms with E-state index in [1.165, 1.54) is 30.7 Å². The Morgan fingerprint density at radius 3 is 0.650 bits per heavy atom. The van der Waals surface area contributed by atoms with Crippen molar-refractivity contribution < 1.29 is 39.0 Å². The van der Waals surface area contributed by atoms with E-state index in [1.807, 2.05) is 0 Å². The molecule has 0 aliphatic carbocycles. The molecule has 0 aliphatic heterocycles. The Morgan fingerprint density at radius 1 is 0.550 bits per heavy atom. The van der Waals surface area contributed by atoms with Crippen molar-refractivity contribution in [2.75, 3.05) is 26.2 Å². The minimum Gasteiger partial charge on any atom is -0.418 e. The first-order valence-corrected chi connectivity index (χ1v) is 5.84.